The van der Waals surface area contributed by atoms with Gasteiger partial charge in [-0.15, -0.1) is 11.3 Å². The van der Waals surface area contributed by atoms with Crippen LogP contribution >= 0.6 is 11.3 Å². The maximum Gasteiger partial charge on any atom is 0.331 e. The standard InChI is InChI=1S/C12H16N2O5S2/c15-11(16)10(9-4-1-5-20-9)14-12(17)13-8-3-2-6-21(18,19)7-8/h1,4-5,8,10H,2-3,6-7H2,(H,15,16)(H2,13,14,17). The number of hydrogen-bond acceptors (Lipinski definition) is 5. The highest BCUT2D eigenvalue weighted by Crippen LogP contribution is 2.19. The monoisotopic (exact) mass is 332 g/mol. The zero-order chi connectivity index (χ0) is 15.5. The van der Waals surface area contributed by atoms with Crippen LogP contribution in [0.2, 0.25) is 0 Å². The van der Waals surface area contributed by atoms with E-state index in [1.54, 1.807) is 17.5 Å². The lowest BCUT2D eigenvalue weighted by atomic mass is 10.2. The third kappa shape index (κ3) is 4.43. The molecule has 0 aromatic carbocycles. The second kappa shape index (κ2) is 6.44. The number of aliphatic carboxylic acids is 1. The maximum absolute atomic E-state index is 11.9. The first-order valence-electron chi connectivity index (χ1n) is 6.41. The van der Waals surface area contributed by atoms with Gasteiger partial charge < -0.3 is 15.7 Å². The molecule has 1 aromatic heterocycles. The minimum atomic E-state index is -3.12. The Balaban J connectivity index is 1.95. The summed E-state index contributed by atoms with van der Waals surface area (Å²) >= 11 is 1.23. The fourth-order valence-electron chi connectivity index (χ4n) is 2.20. The van der Waals surface area contributed by atoms with Crippen molar-refractivity contribution in [2.45, 2.75) is 24.9 Å². The molecule has 0 radical (unpaired) electrons. The van der Waals surface area contributed by atoms with Crippen LogP contribution < -0.4 is 10.6 Å². The number of nitrogens with one attached hydrogen (secondary N) is 2. The average Bonchev–Trinajstić information content (AvgIpc) is 2.87. The lowest BCUT2D eigenvalue weighted by molar-refractivity contribution is -0.139. The summed E-state index contributed by atoms with van der Waals surface area (Å²) in [6, 6.07) is 1.04. The second-order valence-corrected chi connectivity index (χ2v) is 8.07. The third-order valence-electron chi connectivity index (χ3n) is 3.15. The van der Waals surface area contributed by atoms with Crippen molar-refractivity contribution in [3.05, 3.63) is 22.4 Å². The number of rotatable bonds is 4. The van der Waals surface area contributed by atoms with E-state index in [0.717, 1.165) is 0 Å². The maximum atomic E-state index is 11.9. The normalized spacial score (nSPS) is 22.2. The van der Waals surface area contributed by atoms with Crippen LogP contribution in [0.25, 0.3) is 0 Å². The molecule has 1 aliphatic heterocycles. The largest absolute Gasteiger partial charge is 0.479 e. The Bertz CT molecular complexity index is 612. The lowest BCUT2D eigenvalue weighted by Gasteiger charge is -2.24. The molecule has 2 heterocycles. The van der Waals surface area contributed by atoms with Crippen molar-refractivity contribution >= 4 is 33.2 Å². The summed E-state index contributed by atoms with van der Waals surface area (Å²) < 4.78 is 23.0. The molecule has 0 bridgehead atoms. The van der Waals surface area contributed by atoms with Crippen LogP contribution in [0, 0.1) is 0 Å². The molecule has 0 spiro atoms. The molecular formula is C12H16N2O5S2. The molecule has 3 N–H and O–H groups in total. The van der Waals surface area contributed by atoms with Crippen molar-refractivity contribution < 1.29 is 23.1 Å². The minimum absolute atomic E-state index is 0.100. The van der Waals surface area contributed by atoms with E-state index in [2.05, 4.69) is 10.6 Å². The van der Waals surface area contributed by atoms with Gasteiger partial charge in [0.05, 0.1) is 11.5 Å². The second-order valence-electron chi connectivity index (χ2n) is 4.86. The number of urea groups is 1. The van der Waals surface area contributed by atoms with E-state index < -0.39 is 33.9 Å². The fraction of sp³-hybridized carbons (Fsp3) is 0.500. The van der Waals surface area contributed by atoms with Crippen LogP contribution in [-0.4, -0.2) is 43.1 Å². The van der Waals surface area contributed by atoms with Crippen molar-refractivity contribution in [1.29, 1.82) is 0 Å². The zero-order valence-corrected chi connectivity index (χ0v) is 12.7. The number of hydrogen-bond donors (Lipinski definition) is 3. The number of sulfone groups is 1. The van der Waals surface area contributed by atoms with E-state index in [1.165, 1.54) is 11.3 Å². The number of carboxylic acid groups (broad SMARTS) is 1. The van der Waals surface area contributed by atoms with Gasteiger partial charge in [-0.05, 0) is 24.3 Å². The number of carbonyl (C=O) groups is 2. The van der Waals surface area contributed by atoms with E-state index in [4.69, 9.17) is 5.11 Å². The van der Waals surface area contributed by atoms with Gasteiger partial charge >= 0.3 is 12.0 Å². The summed E-state index contributed by atoms with van der Waals surface area (Å²) in [5.41, 5.74) is 0. The van der Waals surface area contributed by atoms with E-state index in [0.29, 0.717) is 17.7 Å². The molecule has 1 aromatic rings. The van der Waals surface area contributed by atoms with Gasteiger partial charge in [0, 0.05) is 10.9 Å². The lowest BCUT2D eigenvalue weighted by Crippen LogP contribution is -2.49. The Labute approximate surface area is 126 Å². The highest BCUT2D eigenvalue weighted by Gasteiger charge is 2.28. The molecule has 21 heavy (non-hydrogen) atoms. The van der Waals surface area contributed by atoms with Gasteiger partial charge in [0.15, 0.2) is 15.9 Å². The van der Waals surface area contributed by atoms with Gasteiger partial charge in [0.1, 0.15) is 0 Å². The molecular weight excluding hydrogens is 316 g/mol. The van der Waals surface area contributed by atoms with Crippen LogP contribution in [0.5, 0.6) is 0 Å². The Morgan fingerprint density at radius 2 is 2.19 bits per heavy atom. The van der Waals surface area contributed by atoms with Gasteiger partial charge in [-0.25, -0.2) is 18.0 Å². The smallest absolute Gasteiger partial charge is 0.331 e. The molecule has 9 heteroatoms. The van der Waals surface area contributed by atoms with E-state index in [1.807, 2.05) is 0 Å². The van der Waals surface area contributed by atoms with Crippen molar-refractivity contribution in [2.75, 3.05) is 11.5 Å². The quantitative estimate of drug-likeness (QED) is 0.753. The summed E-state index contributed by atoms with van der Waals surface area (Å²) in [5.74, 6) is -1.12. The van der Waals surface area contributed by atoms with Crippen LogP contribution in [0.15, 0.2) is 17.5 Å². The van der Waals surface area contributed by atoms with Gasteiger partial charge in [0.2, 0.25) is 0 Å². The Hall–Kier alpha value is -1.61. The summed E-state index contributed by atoms with van der Waals surface area (Å²) in [6.45, 7) is 0. The molecule has 1 saturated heterocycles. The van der Waals surface area contributed by atoms with Crippen molar-refractivity contribution in [2.24, 2.45) is 0 Å². The van der Waals surface area contributed by atoms with Crippen LogP contribution in [0.4, 0.5) is 4.79 Å². The van der Waals surface area contributed by atoms with Gasteiger partial charge in [-0.2, -0.15) is 0 Å². The first-order chi connectivity index (χ1) is 9.87. The topological polar surface area (TPSA) is 113 Å². The molecule has 7 nitrogen and oxygen atoms in total. The Morgan fingerprint density at radius 1 is 1.43 bits per heavy atom. The summed E-state index contributed by atoms with van der Waals surface area (Å²) in [4.78, 5) is 23.6. The summed E-state index contributed by atoms with van der Waals surface area (Å²) in [7, 11) is -3.12. The van der Waals surface area contributed by atoms with E-state index >= 15 is 0 Å². The molecule has 0 aliphatic carbocycles. The number of amides is 2. The van der Waals surface area contributed by atoms with Crippen LogP contribution in [-0.2, 0) is 14.6 Å². The number of carbonyl (C=O) groups excluding carboxylic acids is 1. The molecule has 116 valence electrons. The van der Waals surface area contributed by atoms with Crippen LogP contribution in [0.1, 0.15) is 23.8 Å². The first kappa shape index (κ1) is 15.8. The average molecular weight is 332 g/mol. The first-order valence-corrected chi connectivity index (χ1v) is 9.11. The van der Waals surface area contributed by atoms with Gasteiger partial charge in [-0.3, -0.25) is 0 Å². The van der Waals surface area contributed by atoms with Gasteiger partial charge in [0.25, 0.3) is 0 Å². The third-order valence-corrected chi connectivity index (χ3v) is 5.91. The molecule has 1 fully saturated rings. The van der Waals surface area contributed by atoms with E-state index in [9.17, 15) is 18.0 Å². The highest BCUT2D eigenvalue weighted by atomic mass is 32.2. The molecule has 1 aliphatic rings. The van der Waals surface area contributed by atoms with Crippen molar-refractivity contribution in [1.82, 2.24) is 10.6 Å². The van der Waals surface area contributed by atoms with Crippen LogP contribution in [0.3, 0.4) is 0 Å². The fourth-order valence-corrected chi connectivity index (χ4v) is 4.61. The SMILES string of the molecule is O=C(NC1CCCS(=O)(=O)C1)NC(C(=O)O)c1cccs1. The molecule has 0 saturated carbocycles. The zero-order valence-electron chi connectivity index (χ0n) is 11.1. The molecule has 2 unspecified atom stereocenters. The molecule has 2 amide bonds. The summed E-state index contributed by atoms with van der Waals surface area (Å²) in [5, 5.41) is 15.8. The highest BCUT2D eigenvalue weighted by molar-refractivity contribution is 7.91. The van der Waals surface area contributed by atoms with E-state index in [-0.39, 0.29) is 11.5 Å². The molecule has 2 atom stereocenters. The van der Waals surface area contributed by atoms with Gasteiger partial charge in [-0.1, -0.05) is 6.07 Å². The molecule has 2 rings (SSSR count). The predicted molar refractivity (Wildman–Crippen MR) is 78.0 cm³/mol. The summed E-state index contributed by atoms with van der Waals surface area (Å²) in [6.07, 6.45) is 1.07. The number of carboxylic acids is 1. The Kier molecular flexibility index (Phi) is 4.84. The van der Waals surface area contributed by atoms with Crippen molar-refractivity contribution in [3.8, 4) is 0 Å². The number of thiophene rings is 1. The predicted octanol–water partition coefficient (Wildman–Crippen LogP) is 0.750. The van der Waals surface area contributed by atoms with Crippen molar-refractivity contribution in [3.63, 3.8) is 0 Å². The Morgan fingerprint density at radius 3 is 2.76 bits per heavy atom. The minimum Gasteiger partial charge on any atom is -0.479 e.